The first-order chi connectivity index (χ1) is 11.1. The van der Waals surface area contributed by atoms with E-state index in [1.165, 1.54) is 0 Å². The molecule has 0 aliphatic heterocycles. The van der Waals surface area contributed by atoms with Crippen LogP contribution in [0.25, 0.3) is 22.1 Å². The Morgan fingerprint density at radius 1 is 1.17 bits per heavy atom. The zero-order valence-electron chi connectivity index (χ0n) is 12.1. The van der Waals surface area contributed by atoms with Gasteiger partial charge in [-0.05, 0) is 11.6 Å². The molecule has 1 atom stereocenters. The lowest BCUT2D eigenvalue weighted by Gasteiger charge is -2.10. The fourth-order valence-electron chi connectivity index (χ4n) is 2.65. The third-order valence-corrected chi connectivity index (χ3v) is 3.82. The normalized spacial score (nSPS) is 12.7. The van der Waals surface area contributed by atoms with Crippen molar-refractivity contribution < 1.29 is 4.42 Å². The number of furan rings is 1. The lowest BCUT2D eigenvalue weighted by atomic mass is 9.95. The number of H-pyrrole nitrogens is 1. The Hall–Kier alpha value is -2.86. The van der Waals surface area contributed by atoms with Crippen molar-refractivity contribution >= 4 is 35.4 Å². The molecule has 1 unspecified atom stereocenters. The van der Waals surface area contributed by atoms with Gasteiger partial charge in [-0.3, -0.25) is 4.79 Å². The van der Waals surface area contributed by atoms with Crippen molar-refractivity contribution in [3.05, 3.63) is 70.3 Å². The summed E-state index contributed by atoms with van der Waals surface area (Å²) >= 11 is 0. The number of hydrogen-bond donors (Lipinski definition) is 2. The summed E-state index contributed by atoms with van der Waals surface area (Å²) in [7, 11) is 5.82. The summed E-state index contributed by atoms with van der Waals surface area (Å²) in [5, 5.41) is 0.701. The number of nitrogens with zero attached hydrogens (tertiary/aromatic N) is 1. The molecular formula is C17H12BN3O2. The molecule has 0 spiro atoms. The minimum atomic E-state index is -0.528. The van der Waals surface area contributed by atoms with E-state index in [1.807, 2.05) is 30.3 Å². The van der Waals surface area contributed by atoms with Crippen molar-refractivity contribution in [1.82, 2.24) is 9.97 Å². The summed E-state index contributed by atoms with van der Waals surface area (Å²) in [6, 6.07) is 14.1. The van der Waals surface area contributed by atoms with Crippen LogP contribution >= 0.6 is 0 Å². The van der Waals surface area contributed by atoms with Crippen LogP contribution in [0, 0.1) is 0 Å². The van der Waals surface area contributed by atoms with Gasteiger partial charge < -0.3 is 15.1 Å². The van der Waals surface area contributed by atoms with Crippen LogP contribution in [0.4, 0.5) is 0 Å². The molecule has 0 aliphatic carbocycles. The Kier molecular flexibility index (Phi) is 3.06. The molecule has 110 valence electrons. The van der Waals surface area contributed by atoms with Gasteiger partial charge in [-0.1, -0.05) is 47.9 Å². The van der Waals surface area contributed by atoms with E-state index in [0.717, 1.165) is 5.56 Å². The second-order valence-corrected chi connectivity index (χ2v) is 5.37. The minimum absolute atomic E-state index is 0.176. The monoisotopic (exact) mass is 301 g/mol. The fourth-order valence-corrected chi connectivity index (χ4v) is 2.65. The molecule has 3 N–H and O–H groups in total. The van der Waals surface area contributed by atoms with Crippen LogP contribution < -0.4 is 16.8 Å². The molecule has 2 aromatic carbocycles. The molecule has 5 nitrogen and oxygen atoms in total. The highest BCUT2D eigenvalue weighted by molar-refractivity contribution is 6.33. The molecule has 0 fully saturated rings. The molecule has 0 saturated carbocycles. The lowest BCUT2D eigenvalue weighted by Crippen LogP contribution is -2.20. The van der Waals surface area contributed by atoms with Crippen LogP contribution in [0.5, 0.6) is 0 Å². The molecule has 2 heterocycles. The van der Waals surface area contributed by atoms with E-state index in [2.05, 4.69) is 9.97 Å². The maximum Gasteiger partial charge on any atom is 0.294 e. The zero-order chi connectivity index (χ0) is 16.0. The van der Waals surface area contributed by atoms with Gasteiger partial charge in [-0.2, -0.15) is 0 Å². The van der Waals surface area contributed by atoms with Gasteiger partial charge in [-0.15, -0.1) is 0 Å². The van der Waals surface area contributed by atoms with E-state index in [1.54, 1.807) is 18.2 Å². The van der Waals surface area contributed by atoms with Crippen LogP contribution in [0.3, 0.4) is 0 Å². The maximum atomic E-state index is 12.3. The summed E-state index contributed by atoms with van der Waals surface area (Å²) in [6.45, 7) is 0. The van der Waals surface area contributed by atoms with E-state index in [0.29, 0.717) is 27.8 Å². The Labute approximate surface area is 132 Å². The number of hydrogen-bond acceptors (Lipinski definition) is 4. The van der Waals surface area contributed by atoms with Crippen molar-refractivity contribution in [3.8, 4) is 0 Å². The van der Waals surface area contributed by atoms with E-state index in [4.69, 9.17) is 18.0 Å². The molecule has 23 heavy (non-hydrogen) atoms. The first-order valence-electron chi connectivity index (χ1n) is 7.16. The molecule has 4 rings (SSSR count). The van der Waals surface area contributed by atoms with Gasteiger partial charge in [0.15, 0.2) is 0 Å². The number of nitrogens with one attached hydrogen (secondary N) is 1. The molecule has 2 radical (unpaired) electrons. The Balaban J connectivity index is 1.97. The summed E-state index contributed by atoms with van der Waals surface area (Å²) in [5.74, 6) is 0.388. The molecule has 0 saturated heterocycles. The predicted octanol–water partition coefficient (Wildman–Crippen LogP) is 1.51. The number of rotatable bonds is 2. The second kappa shape index (κ2) is 5.10. The number of aromatic amines is 1. The highest BCUT2D eigenvalue weighted by Crippen LogP contribution is 2.25. The van der Waals surface area contributed by atoms with E-state index in [-0.39, 0.29) is 11.1 Å². The Morgan fingerprint density at radius 3 is 2.74 bits per heavy atom. The summed E-state index contributed by atoms with van der Waals surface area (Å²) in [4.78, 5) is 19.5. The van der Waals surface area contributed by atoms with Crippen molar-refractivity contribution in [1.29, 1.82) is 0 Å². The van der Waals surface area contributed by atoms with E-state index in [9.17, 15) is 4.79 Å². The van der Waals surface area contributed by atoms with Crippen LogP contribution in [0.1, 0.15) is 17.4 Å². The minimum Gasteiger partial charge on any atom is -0.449 e. The van der Waals surface area contributed by atoms with Crippen molar-refractivity contribution in [2.24, 2.45) is 5.73 Å². The topological polar surface area (TPSA) is 84.9 Å². The fraction of sp³-hybridized carbons (Fsp3) is 0.0588. The van der Waals surface area contributed by atoms with Crippen molar-refractivity contribution in [2.45, 2.75) is 6.04 Å². The van der Waals surface area contributed by atoms with Crippen molar-refractivity contribution in [3.63, 3.8) is 0 Å². The Morgan fingerprint density at radius 2 is 1.96 bits per heavy atom. The van der Waals surface area contributed by atoms with Gasteiger partial charge in [0, 0.05) is 5.39 Å². The Bertz CT molecular complexity index is 1070. The third-order valence-electron chi connectivity index (χ3n) is 3.82. The first-order valence-corrected chi connectivity index (χ1v) is 7.16. The molecule has 4 aromatic rings. The predicted molar refractivity (Wildman–Crippen MR) is 90.0 cm³/mol. The second-order valence-electron chi connectivity index (χ2n) is 5.37. The average Bonchev–Trinajstić information content (AvgIpc) is 2.93. The average molecular weight is 301 g/mol. The third kappa shape index (κ3) is 2.24. The van der Waals surface area contributed by atoms with Crippen LogP contribution in [0.15, 0.2) is 57.7 Å². The quantitative estimate of drug-likeness (QED) is 0.550. The first kappa shape index (κ1) is 13.8. The molecular weight excluding hydrogens is 289 g/mol. The standard InChI is InChI=1S/C17H12BN3O2/c18-10-6-7-12-11(8-10)14-15(23-12)17(22)21-16(20-14)13(19)9-4-2-1-3-5-9/h1-8,13H,19H2,(H,20,21,22). The summed E-state index contributed by atoms with van der Waals surface area (Å²) in [6.07, 6.45) is 0. The molecule has 0 amide bonds. The van der Waals surface area contributed by atoms with Gasteiger partial charge in [0.2, 0.25) is 5.58 Å². The summed E-state index contributed by atoms with van der Waals surface area (Å²) in [5.41, 5.74) is 8.53. The lowest BCUT2D eigenvalue weighted by molar-refractivity contribution is 0.657. The van der Waals surface area contributed by atoms with Crippen LogP contribution in [0.2, 0.25) is 0 Å². The zero-order valence-corrected chi connectivity index (χ0v) is 12.1. The molecule has 6 heteroatoms. The number of fused-ring (bicyclic) bond motifs is 3. The SMILES string of the molecule is [B]c1ccc2oc3c(=O)[nH]c(C(N)c4ccccc4)nc3c2c1. The van der Waals surface area contributed by atoms with Gasteiger partial charge in [0.25, 0.3) is 5.56 Å². The van der Waals surface area contributed by atoms with Gasteiger partial charge in [-0.25, -0.2) is 4.98 Å². The van der Waals surface area contributed by atoms with Gasteiger partial charge >= 0.3 is 0 Å². The number of nitrogens with two attached hydrogens (primary N) is 1. The van der Waals surface area contributed by atoms with Crippen LogP contribution in [-0.2, 0) is 0 Å². The van der Waals surface area contributed by atoms with Gasteiger partial charge in [0.1, 0.15) is 24.8 Å². The largest absolute Gasteiger partial charge is 0.449 e. The maximum absolute atomic E-state index is 12.3. The van der Waals surface area contributed by atoms with Crippen molar-refractivity contribution in [2.75, 3.05) is 0 Å². The van der Waals surface area contributed by atoms with E-state index >= 15 is 0 Å². The molecule has 2 aromatic heterocycles. The smallest absolute Gasteiger partial charge is 0.294 e. The van der Waals surface area contributed by atoms with Crippen LogP contribution in [-0.4, -0.2) is 17.8 Å². The summed E-state index contributed by atoms with van der Waals surface area (Å²) < 4.78 is 5.58. The van der Waals surface area contributed by atoms with Gasteiger partial charge in [0.05, 0.1) is 6.04 Å². The molecule has 0 aliphatic rings. The highest BCUT2D eigenvalue weighted by atomic mass is 16.3. The van der Waals surface area contributed by atoms with E-state index < -0.39 is 6.04 Å². The highest BCUT2D eigenvalue weighted by Gasteiger charge is 2.17. The molecule has 0 bridgehead atoms. The number of aromatic nitrogens is 2. The number of benzene rings is 2.